The molecule has 0 aliphatic heterocycles. The number of nitrogens with zero attached hydrogens (tertiary/aromatic N) is 1. The summed E-state index contributed by atoms with van der Waals surface area (Å²) in [6.07, 6.45) is 4.93. The Labute approximate surface area is 109 Å². The number of benzene rings is 1. The molecule has 2 nitrogen and oxygen atoms in total. The molecule has 0 atom stereocenters. The number of aryl methyl sites for hydroxylation is 1. The monoisotopic (exact) mass is 240 g/mol. The predicted octanol–water partition coefficient (Wildman–Crippen LogP) is 3.42. The lowest BCUT2D eigenvalue weighted by Gasteiger charge is -2.06. The van der Waals surface area contributed by atoms with Crippen LogP contribution in [0.2, 0.25) is 0 Å². The van der Waals surface area contributed by atoms with E-state index in [-0.39, 0.29) is 0 Å². The minimum Gasteiger partial charge on any atom is -0.313 e. The van der Waals surface area contributed by atoms with Crippen LogP contribution in [0, 0.1) is 0 Å². The summed E-state index contributed by atoms with van der Waals surface area (Å²) in [5.41, 5.74) is 5.02. The van der Waals surface area contributed by atoms with Crippen LogP contribution in [0.5, 0.6) is 0 Å². The maximum absolute atomic E-state index is 4.32. The topological polar surface area (TPSA) is 24.9 Å². The van der Waals surface area contributed by atoms with Crippen LogP contribution in [-0.4, -0.2) is 11.5 Å². The SMILES string of the molecule is CCNCc1cncc(-c2ccc(CC)cc2)c1. The van der Waals surface area contributed by atoms with E-state index < -0.39 is 0 Å². The molecule has 18 heavy (non-hydrogen) atoms. The summed E-state index contributed by atoms with van der Waals surface area (Å²) in [7, 11) is 0. The number of hydrogen-bond donors (Lipinski definition) is 1. The lowest BCUT2D eigenvalue weighted by atomic mass is 10.0. The minimum absolute atomic E-state index is 0.879. The summed E-state index contributed by atoms with van der Waals surface area (Å²) < 4.78 is 0. The highest BCUT2D eigenvalue weighted by Gasteiger charge is 2.00. The first-order chi connectivity index (χ1) is 8.83. The fourth-order valence-electron chi connectivity index (χ4n) is 1.94. The Bertz CT molecular complexity index is 489. The molecule has 0 amide bonds. The summed E-state index contributed by atoms with van der Waals surface area (Å²) in [4.78, 5) is 4.32. The summed E-state index contributed by atoms with van der Waals surface area (Å²) in [5, 5.41) is 3.32. The van der Waals surface area contributed by atoms with Gasteiger partial charge < -0.3 is 5.32 Å². The molecule has 0 unspecified atom stereocenters. The van der Waals surface area contributed by atoms with Crippen molar-refractivity contribution in [2.75, 3.05) is 6.54 Å². The lowest BCUT2D eigenvalue weighted by Crippen LogP contribution is -2.11. The fourth-order valence-corrected chi connectivity index (χ4v) is 1.94. The fraction of sp³-hybridized carbons (Fsp3) is 0.312. The molecule has 1 heterocycles. The molecule has 2 rings (SSSR count). The van der Waals surface area contributed by atoms with E-state index in [1.54, 1.807) is 0 Å². The largest absolute Gasteiger partial charge is 0.313 e. The van der Waals surface area contributed by atoms with E-state index in [0.717, 1.165) is 19.5 Å². The van der Waals surface area contributed by atoms with Crippen molar-refractivity contribution in [2.45, 2.75) is 26.8 Å². The first-order valence-electron chi connectivity index (χ1n) is 6.57. The molecule has 0 fully saturated rings. The Morgan fingerprint density at radius 2 is 1.72 bits per heavy atom. The third-order valence-electron chi connectivity index (χ3n) is 3.07. The van der Waals surface area contributed by atoms with Crippen molar-refractivity contribution in [3.05, 3.63) is 53.9 Å². The quantitative estimate of drug-likeness (QED) is 0.866. The molecule has 0 spiro atoms. The van der Waals surface area contributed by atoms with Crippen LogP contribution in [0.3, 0.4) is 0 Å². The molecule has 1 aromatic carbocycles. The van der Waals surface area contributed by atoms with Crippen LogP contribution < -0.4 is 5.32 Å². The standard InChI is InChI=1S/C16H20N2/c1-3-13-5-7-15(8-6-13)16-9-14(10-17-4-2)11-18-12-16/h5-9,11-12,17H,3-4,10H2,1-2H3. The van der Waals surface area contributed by atoms with Crippen molar-refractivity contribution in [3.63, 3.8) is 0 Å². The average molecular weight is 240 g/mol. The molecule has 1 aromatic heterocycles. The summed E-state index contributed by atoms with van der Waals surface area (Å²) in [6.45, 7) is 6.15. The molecule has 0 aliphatic carbocycles. The van der Waals surface area contributed by atoms with Crippen molar-refractivity contribution < 1.29 is 0 Å². The van der Waals surface area contributed by atoms with Crippen LogP contribution in [0.15, 0.2) is 42.7 Å². The van der Waals surface area contributed by atoms with Crippen LogP contribution in [0.4, 0.5) is 0 Å². The third-order valence-corrected chi connectivity index (χ3v) is 3.07. The van der Waals surface area contributed by atoms with Crippen molar-refractivity contribution in [1.29, 1.82) is 0 Å². The van der Waals surface area contributed by atoms with Crippen molar-refractivity contribution in [1.82, 2.24) is 10.3 Å². The van der Waals surface area contributed by atoms with E-state index in [0.29, 0.717) is 0 Å². The first kappa shape index (κ1) is 12.8. The van der Waals surface area contributed by atoms with Gasteiger partial charge in [-0.3, -0.25) is 4.98 Å². The first-order valence-corrected chi connectivity index (χ1v) is 6.57. The molecule has 0 aliphatic rings. The van der Waals surface area contributed by atoms with Crippen molar-refractivity contribution in [3.8, 4) is 11.1 Å². The zero-order valence-corrected chi connectivity index (χ0v) is 11.1. The summed E-state index contributed by atoms with van der Waals surface area (Å²) in [5.74, 6) is 0. The Morgan fingerprint density at radius 1 is 0.944 bits per heavy atom. The van der Waals surface area contributed by atoms with Crippen LogP contribution >= 0.6 is 0 Å². The second kappa shape index (κ2) is 6.31. The normalized spacial score (nSPS) is 10.6. The van der Waals surface area contributed by atoms with E-state index in [1.165, 1.54) is 22.3 Å². The van der Waals surface area contributed by atoms with E-state index >= 15 is 0 Å². The molecule has 0 saturated carbocycles. The minimum atomic E-state index is 0.879. The van der Waals surface area contributed by atoms with Gasteiger partial charge >= 0.3 is 0 Å². The molecular weight excluding hydrogens is 220 g/mol. The van der Waals surface area contributed by atoms with Crippen LogP contribution in [0.25, 0.3) is 11.1 Å². The molecule has 2 aromatic rings. The highest BCUT2D eigenvalue weighted by Crippen LogP contribution is 2.20. The van der Waals surface area contributed by atoms with Gasteiger partial charge in [0.2, 0.25) is 0 Å². The van der Waals surface area contributed by atoms with E-state index in [1.807, 2.05) is 12.4 Å². The van der Waals surface area contributed by atoms with E-state index in [4.69, 9.17) is 0 Å². The zero-order chi connectivity index (χ0) is 12.8. The number of pyridine rings is 1. The number of nitrogens with one attached hydrogen (secondary N) is 1. The van der Waals surface area contributed by atoms with Crippen molar-refractivity contribution >= 4 is 0 Å². The van der Waals surface area contributed by atoms with E-state index in [2.05, 4.69) is 54.5 Å². The van der Waals surface area contributed by atoms with Crippen molar-refractivity contribution in [2.24, 2.45) is 0 Å². The highest BCUT2D eigenvalue weighted by molar-refractivity contribution is 5.63. The summed E-state index contributed by atoms with van der Waals surface area (Å²) in [6, 6.07) is 10.9. The van der Waals surface area contributed by atoms with Gasteiger partial charge in [-0.25, -0.2) is 0 Å². The predicted molar refractivity (Wildman–Crippen MR) is 76.4 cm³/mol. The molecule has 2 heteroatoms. The number of hydrogen-bond acceptors (Lipinski definition) is 2. The zero-order valence-electron chi connectivity index (χ0n) is 11.1. The molecule has 0 bridgehead atoms. The third kappa shape index (κ3) is 3.17. The van der Waals surface area contributed by atoms with Crippen LogP contribution in [0.1, 0.15) is 25.0 Å². The Balaban J connectivity index is 2.20. The van der Waals surface area contributed by atoms with Gasteiger partial charge in [0, 0.05) is 24.5 Å². The van der Waals surface area contributed by atoms with Gasteiger partial charge in [0.1, 0.15) is 0 Å². The highest BCUT2D eigenvalue weighted by atomic mass is 14.8. The number of rotatable bonds is 5. The molecule has 0 radical (unpaired) electrons. The van der Waals surface area contributed by atoms with Gasteiger partial charge in [0.25, 0.3) is 0 Å². The average Bonchev–Trinajstić information content (AvgIpc) is 2.45. The van der Waals surface area contributed by atoms with Gasteiger partial charge in [0.15, 0.2) is 0 Å². The Morgan fingerprint density at radius 3 is 2.39 bits per heavy atom. The second-order valence-electron chi connectivity index (χ2n) is 4.41. The lowest BCUT2D eigenvalue weighted by molar-refractivity contribution is 0.724. The maximum Gasteiger partial charge on any atom is 0.0346 e. The second-order valence-corrected chi connectivity index (χ2v) is 4.41. The van der Waals surface area contributed by atoms with Crippen LogP contribution in [-0.2, 0) is 13.0 Å². The molecule has 1 N–H and O–H groups in total. The smallest absolute Gasteiger partial charge is 0.0346 e. The Kier molecular flexibility index (Phi) is 4.48. The van der Waals surface area contributed by atoms with Gasteiger partial charge in [-0.15, -0.1) is 0 Å². The molecular formula is C16H20N2. The maximum atomic E-state index is 4.32. The van der Waals surface area contributed by atoms with E-state index in [9.17, 15) is 0 Å². The van der Waals surface area contributed by atoms with Gasteiger partial charge in [-0.1, -0.05) is 38.1 Å². The Hall–Kier alpha value is -1.67. The van der Waals surface area contributed by atoms with Gasteiger partial charge in [-0.05, 0) is 35.7 Å². The molecule has 94 valence electrons. The van der Waals surface area contributed by atoms with Gasteiger partial charge in [-0.2, -0.15) is 0 Å². The number of aromatic nitrogens is 1. The summed E-state index contributed by atoms with van der Waals surface area (Å²) >= 11 is 0. The molecule has 0 saturated heterocycles. The van der Waals surface area contributed by atoms with Gasteiger partial charge in [0.05, 0.1) is 0 Å².